The predicted molar refractivity (Wildman–Crippen MR) is 88.3 cm³/mol. The number of nitrogens with zero attached hydrogens (tertiary/aromatic N) is 1. The molecule has 2 aliphatic rings. The molecule has 0 aromatic rings. The number of hydrogen-bond donors (Lipinski definition) is 1. The Bertz CT molecular complexity index is 408. The number of rotatable bonds is 2. The van der Waals surface area contributed by atoms with Crippen molar-refractivity contribution >= 4 is 11.8 Å². The Balaban J connectivity index is 1.95. The van der Waals surface area contributed by atoms with Crippen LogP contribution in [0.25, 0.3) is 0 Å². The number of hydrogen-bond acceptors (Lipinski definition) is 2. The number of piperidine rings is 1. The van der Waals surface area contributed by atoms with Gasteiger partial charge >= 0.3 is 0 Å². The highest BCUT2D eigenvalue weighted by Gasteiger charge is 2.34. The second-order valence-corrected chi connectivity index (χ2v) is 8.34. The van der Waals surface area contributed by atoms with Crippen molar-refractivity contribution < 1.29 is 9.59 Å². The van der Waals surface area contributed by atoms with E-state index in [1.54, 1.807) is 0 Å². The lowest BCUT2D eigenvalue weighted by Crippen LogP contribution is -2.55. The molecule has 126 valence electrons. The van der Waals surface area contributed by atoms with E-state index in [1.807, 2.05) is 25.7 Å². The lowest BCUT2D eigenvalue weighted by molar-refractivity contribution is -0.140. The number of nitrogens with one attached hydrogen (secondary N) is 1. The van der Waals surface area contributed by atoms with Gasteiger partial charge < -0.3 is 10.2 Å². The van der Waals surface area contributed by atoms with Gasteiger partial charge in [-0.15, -0.1) is 0 Å². The Hall–Kier alpha value is -1.06. The summed E-state index contributed by atoms with van der Waals surface area (Å²) in [5.41, 5.74) is -0.376. The molecule has 2 atom stereocenters. The van der Waals surface area contributed by atoms with E-state index in [0.29, 0.717) is 18.4 Å². The summed E-state index contributed by atoms with van der Waals surface area (Å²) in [6.45, 7) is 9.49. The van der Waals surface area contributed by atoms with E-state index in [9.17, 15) is 9.59 Å². The zero-order valence-corrected chi connectivity index (χ0v) is 14.7. The van der Waals surface area contributed by atoms with E-state index in [0.717, 1.165) is 25.8 Å². The molecule has 1 saturated heterocycles. The first-order valence-electron chi connectivity index (χ1n) is 8.87. The number of carbonyl (C=O) groups excluding carboxylic acids is 2. The fourth-order valence-corrected chi connectivity index (χ4v) is 3.65. The van der Waals surface area contributed by atoms with E-state index in [4.69, 9.17) is 0 Å². The minimum atomic E-state index is -0.376. The Kier molecular flexibility index (Phi) is 5.51. The fourth-order valence-electron chi connectivity index (χ4n) is 3.65. The van der Waals surface area contributed by atoms with Crippen LogP contribution in [0.1, 0.15) is 66.2 Å². The summed E-state index contributed by atoms with van der Waals surface area (Å²) >= 11 is 0. The second kappa shape index (κ2) is 7.01. The molecule has 0 bridgehead atoms. The molecule has 2 fully saturated rings. The molecule has 1 saturated carbocycles. The van der Waals surface area contributed by atoms with E-state index < -0.39 is 0 Å². The van der Waals surface area contributed by atoms with Gasteiger partial charge in [0.15, 0.2) is 0 Å². The summed E-state index contributed by atoms with van der Waals surface area (Å²) in [6, 6.07) is 0.100. The summed E-state index contributed by atoms with van der Waals surface area (Å²) in [7, 11) is 0. The van der Waals surface area contributed by atoms with Crippen molar-refractivity contribution in [1.82, 2.24) is 10.2 Å². The minimum Gasteiger partial charge on any atom is -0.351 e. The van der Waals surface area contributed by atoms with E-state index in [-0.39, 0.29) is 23.3 Å². The van der Waals surface area contributed by atoms with Crippen molar-refractivity contribution in [3.05, 3.63) is 0 Å². The molecule has 4 nitrogen and oxygen atoms in total. The zero-order chi connectivity index (χ0) is 16.3. The zero-order valence-electron chi connectivity index (χ0n) is 14.7. The van der Waals surface area contributed by atoms with E-state index >= 15 is 0 Å². The molecule has 1 heterocycles. The van der Waals surface area contributed by atoms with Crippen molar-refractivity contribution in [2.45, 2.75) is 72.3 Å². The highest BCUT2D eigenvalue weighted by molar-refractivity contribution is 5.82. The van der Waals surface area contributed by atoms with Gasteiger partial charge in [0.2, 0.25) is 11.8 Å². The summed E-state index contributed by atoms with van der Waals surface area (Å²) in [5.74, 6) is 1.07. The van der Waals surface area contributed by atoms with Crippen molar-refractivity contribution in [3.63, 3.8) is 0 Å². The Labute approximate surface area is 135 Å². The number of likely N-dealkylation sites (tertiary alicyclic amines) is 1. The van der Waals surface area contributed by atoms with Crippen molar-refractivity contribution in [3.8, 4) is 0 Å². The van der Waals surface area contributed by atoms with Gasteiger partial charge in [-0.25, -0.2) is 0 Å². The van der Waals surface area contributed by atoms with Gasteiger partial charge in [0.25, 0.3) is 0 Å². The molecule has 2 amide bonds. The van der Waals surface area contributed by atoms with Crippen molar-refractivity contribution in [2.24, 2.45) is 17.3 Å². The summed E-state index contributed by atoms with van der Waals surface area (Å²) in [4.78, 5) is 27.0. The van der Waals surface area contributed by atoms with Crippen molar-refractivity contribution in [1.29, 1.82) is 0 Å². The van der Waals surface area contributed by atoms with Crippen LogP contribution in [0.2, 0.25) is 0 Å². The van der Waals surface area contributed by atoms with Crippen LogP contribution >= 0.6 is 0 Å². The molecule has 2 rings (SSSR count). The molecule has 22 heavy (non-hydrogen) atoms. The molecule has 0 radical (unpaired) electrons. The quantitative estimate of drug-likeness (QED) is 0.852. The first-order chi connectivity index (χ1) is 10.3. The normalized spacial score (nSPS) is 27.5. The van der Waals surface area contributed by atoms with Crippen LogP contribution in [0, 0.1) is 17.3 Å². The highest BCUT2D eigenvalue weighted by atomic mass is 16.2. The maximum Gasteiger partial charge on any atom is 0.225 e. The number of amides is 2. The van der Waals surface area contributed by atoms with Crippen LogP contribution in [0.5, 0.6) is 0 Å². The van der Waals surface area contributed by atoms with Crippen molar-refractivity contribution in [2.75, 3.05) is 13.1 Å². The second-order valence-electron chi connectivity index (χ2n) is 8.34. The molecule has 0 aromatic heterocycles. The van der Waals surface area contributed by atoms with Gasteiger partial charge in [-0.1, -0.05) is 47.0 Å². The first kappa shape index (κ1) is 17.3. The molecule has 4 heteroatoms. The molecular formula is C18H32N2O2. The third-order valence-electron chi connectivity index (χ3n) is 4.94. The van der Waals surface area contributed by atoms with Gasteiger partial charge in [-0.3, -0.25) is 9.59 Å². The Morgan fingerprint density at radius 2 is 1.68 bits per heavy atom. The average molecular weight is 308 g/mol. The summed E-state index contributed by atoms with van der Waals surface area (Å²) < 4.78 is 0. The monoisotopic (exact) mass is 308 g/mol. The Morgan fingerprint density at radius 1 is 1.05 bits per heavy atom. The molecule has 1 N–H and O–H groups in total. The summed E-state index contributed by atoms with van der Waals surface area (Å²) in [6.07, 6.45) is 6.69. The van der Waals surface area contributed by atoms with Gasteiger partial charge in [0, 0.05) is 30.5 Å². The lowest BCUT2D eigenvalue weighted by Gasteiger charge is -2.39. The SMILES string of the molecule is CC1CC(NC(=O)C(C)(C)C)CN(C(=O)C2CCCCC2)C1. The third-order valence-corrected chi connectivity index (χ3v) is 4.94. The third kappa shape index (κ3) is 4.47. The molecular weight excluding hydrogens is 276 g/mol. The Morgan fingerprint density at radius 3 is 2.27 bits per heavy atom. The number of carbonyl (C=O) groups is 2. The fraction of sp³-hybridized carbons (Fsp3) is 0.889. The molecule has 1 aliphatic carbocycles. The minimum absolute atomic E-state index is 0.0802. The highest BCUT2D eigenvalue weighted by Crippen LogP contribution is 2.28. The van der Waals surface area contributed by atoms with Gasteiger partial charge in [0.05, 0.1) is 0 Å². The predicted octanol–water partition coefficient (Wildman–Crippen LogP) is 2.97. The topological polar surface area (TPSA) is 49.4 Å². The van der Waals surface area contributed by atoms with E-state index in [1.165, 1.54) is 19.3 Å². The van der Waals surface area contributed by atoms with Crippen LogP contribution in [0.15, 0.2) is 0 Å². The standard InChI is InChI=1S/C18H32N2O2/c1-13-10-15(19-17(22)18(2,3)4)12-20(11-13)16(21)14-8-6-5-7-9-14/h13-15H,5-12H2,1-4H3,(H,19,22). The van der Waals surface area contributed by atoms with Gasteiger partial charge in [0.1, 0.15) is 0 Å². The van der Waals surface area contributed by atoms with Crippen LogP contribution in [-0.4, -0.2) is 35.8 Å². The maximum absolute atomic E-state index is 12.7. The van der Waals surface area contributed by atoms with Gasteiger partial charge in [-0.05, 0) is 25.2 Å². The average Bonchev–Trinajstić information content (AvgIpc) is 2.45. The molecule has 2 unspecified atom stereocenters. The summed E-state index contributed by atoms with van der Waals surface area (Å²) in [5, 5.41) is 3.14. The van der Waals surface area contributed by atoms with Crippen LogP contribution in [0.4, 0.5) is 0 Å². The van der Waals surface area contributed by atoms with Gasteiger partial charge in [-0.2, -0.15) is 0 Å². The largest absolute Gasteiger partial charge is 0.351 e. The van der Waals surface area contributed by atoms with Crippen LogP contribution in [0.3, 0.4) is 0 Å². The lowest BCUT2D eigenvalue weighted by atomic mass is 9.86. The van der Waals surface area contributed by atoms with Crippen LogP contribution < -0.4 is 5.32 Å². The molecule has 0 aromatic carbocycles. The van der Waals surface area contributed by atoms with Crippen LogP contribution in [-0.2, 0) is 9.59 Å². The molecule has 1 aliphatic heterocycles. The smallest absolute Gasteiger partial charge is 0.225 e. The first-order valence-corrected chi connectivity index (χ1v) is 8.87. The van der Waals surface area contributed by atoms with E-state index in [2.05, 4.69) is 12.2 Å². The maximum atomic E-state index is 12.7. The molecule has 0 spiro atoms.